The second kappa shape index (κ2) is 7.40. The number of carbonyl (C=O) groups excluding carboxylic acids is 1. The molecule has 1 aliphatic rings. The van der Waals surface area contributed by atoms with Crippen LogP contribution in [0.2, 0.25) is 0 Å². The topological polar surface area (TPSA) is 44.7 Å². The Labute approximate surface area is 153 Å². The first-order valence-corrected chi connectivity index (χ1v) is 8.95. The highest BCUT2D eigenvalue weighted by Gasteiger charge is 2.30. The van der Waals surface area contributed by atoms with E-state index in [1.54, 1.807) is 0 Å². The lowest BCUT2D eigenvalue weighted by Gasteiger charge is -2.21. The first kappa shape index (κ1) is 16.3. The highest BCUT2D eigenvalue weighted by molar-refractivity contribution is 6.03. The maximum atomic E-state index is 12.9. The van der Waals surface area contributed by atoms with Gasteiger partial charge in [-0.3, -0.25) is 9.80 Å². The number of amides is 1. The summed E-state index contributed by atoms with van der Waals surface area (Å²) in [5.74, 6) is 0.00376. The van der Waals surface area contributed by atoms with E-state index in [1.165, 1.54) is 0 Å². The third-order valence-electron chi connectivity index (χ3n) is 4.73. The molecule has 1 amide bonds. The van der Waals surface area contributed by atoms with E-state index in [9.17, 15) is 4.79 Å². The number of benzene rings is 3. The van der Waals surface area contributed by atoms with Crippen LogP contribution in [-0.4, -0.2) is 29.7 Å². The van der Waals surface area contributed by atoms with Crippen LogP contribution in [0.3, 0.4) is 0 Å². The van der Waals surface area contributed by atoms with Gasteiger partial charge in [0.15, 0.2) is 0 Å². The van der Waals surface area contributed by atoms with E-state index < -0.39 is 0 Å². The van der Waals surface area contributed by atoms with E-state index in [4.69, 9.17) is 0 Å². The molecule has 1 saturated heterocycles. The Morgan fingerprint density at radius 1 is 1.00 bits per heavy atom. The molecule has 0 spiro atoms. The number of nitrogens with zero attached hydrogens (tertiary/aromatic N) is 2. The fraction of sp³-hybridized carbons (Fsp3) is 0.182. The van der Waals surface area contributed by atoms with Gasteiger partial charge in [0.2, 0.25) is 5.91 Å². The molecule has 3 aromatic rings. The van der Waals surface area contributed by atoms with Gasteiger partial charge in [-0.2, -0.15) is 5.10 Å². The summed E-state index contributed by atoms with van der Waals surface area (Å²) in [5.41, 5.74) is 1.89. The minimum absolute atomic E-state index is 0.00376. The van der Waals surface area contributed by atoms with E-state index in [1.807, 2.05) is 71.9 Å². The number of hydrogen-bond donors (Lipinski definition) is 1. The molecule has 0 radical (unpaired) electrons. The van der Waals surface area contributed by atoms with Crippen LogP contribution in [0.1, 0.15) is 18.4 Å². The molecule has 0 bridgehead atoms. The predicted molar refractivity (Wildman–Crippen MR) is 106 cm³/mol. The summed E-state index contributed by atoms with van der Waals surface area (Å²) in [6.45, 7) is 0.803. The third kappa shape index (κ3) is 3.45. The SMILES string of the molecule is O=C(Nc1cccc2ccccc12)[C@@H]1CCCN1/N=C/c1ccccc1. The molecule has 0 aliphatic carbocycles. The van der Waals surface area contributed by atoms with E-state index >= 15 is 0 Å². The zero-order valence-electron chi connectivity index (χ0n) is 14.5. The summed E-state index contributed by atoms with van der Waals surface area (Å²) in [4.78, 5) is 12.9. The van der Waals surface area contributed by atoms with Gasteiger partial charge in [-0.05, 0) is 29.9 Å². The normalized spacial score (nSPS) is 17.1. The predicted octanol–water partition coefficient (Wildman–Crippen LogP) is 4.28. The van der Waals surface area contributed by atoms with Crippen molar-refractivity contribution in [2.24, 2.45) is 5.10 Å². The molecular formula is C22H21N3O. The number of anilines is 1. The van der Waals surface area contributed by atoms with Gasteiger partial charge in [-0.1, -0.05) is 66.7 Å². The molecule has 0 saturated carbocycles. The van der Waals surface area contributed by atoms with Crippen LogP contribution in [0.25, 0.3) is 10.8 Å². The van der Waals surface area contributed by atoms with Gasteiger partial charge in [-0.25, -0.2) is 0 Å². The Morgan fingerprint density at radius 3 is 2.65 bits per heavy atom. The molecule has 4 nitrogen and oxygen atoms in total. The Kier molecular flexibility index (Phi) is 4.65. The van der Waals surface area contributed by atoms with Gasteiger partial charge in [0.1, 0.15) is 6.04 Å². The fourth-order valence-electron chi connectivity index (χ4n) is 3.39. The molecular weight excluding hydrogens is 322 g/mol. The van der Waals surface area contributed by atoms with Crippen molar-refractivity contribution in [1.82, 2.24) is 5.01 Å². The summed E-state index contributed by atoms with van der Waals surface area (Å²) >= 11 is 0. The van der Waals surface area contributed by atoms with Gasteiger partial charge < -0.3 is 5.32 Å². The lowest BCUT2D eigenvalue weighted by molar-refractivity contribution is -0.120. The van der Waals surface area contributed by atoms with Crippen LogP contribution < -0.4 is 5.32 Å². The van der Waals surface area contributed by atoms with E-state index in [-0.39, 0.29) is 11.9 Å². The molecule has 3 aromatic carbocycles. The van der Waals surface area contributed by atoms with E-state index in [0.29, 0.717) is 0 Å². The van der Waals surface area contributed by atoms with Gasteiger partial charge in [-0.15, -0.1) is 0 Å². The maximum Gasteiger partial charge on any atom is 0.248 e. The quantitative estimate of drug-likeness (QED) is 0.719. The third-order valence-corrected chi connectivity index (χ3v) is 4.73. The lowest BCUT2D eigenvalue weighted by atomic mass is 10.1. The Morgan fingerprint density at radius 2 is 1.77 bits per heavy atom. The summed E-state index contributed by atoms with van der Waals surface area (Å²) in [5, 5.41) is 11.7. The first-order chi connectivity index (χ1) is 12.8. The standard InChI is InChI=1S/C22H21N3O/c26-22(24-20-13-6-11-18-10-4-5-12-19(18)20)21-14-7-15-25(21)23-16-17-8-2-1-3-9-17/h1-6,8-13,16,21H,7,14-15H2,(H,24,26)/b23-16+/t21-/m0/s1. The van der Waals surface area contributed by atoms with Gasteiger partial charge in [0.05, 0.1) is 6.21 Å². The molecule has 4 rings (SSSR count). The molecule has 1 N–H and O–H groups in total. The smallest absolute Gasteiger partial charge is 0.248 e. The summed E-state index contributed by atoms with van der Waals surface area (Å²) in [7, 11) is 0. The van der Waals surface area contributed by atoms with Crippen LogP contribution >= 0.6 is 0 Å². The van der Waals surface area contributed by atoms with Crippen molar-refractivity contribution in [2.75, 3.05) is 11.9 Å². The Bertz CT molecular complexity index is 931. The summed E-state index contributed by atoms with van der Waals surface area (Å²) in [6, 6.07) is 23.8. The van der Waals surface area contributed by atoms with Crippen molar-refractivity contribution in [2.45, 2.75) is 18.9 Å². The first-order valence-electron chi connectivity index (χ1n) is 8.95. The molecule has 1 heterocycles. The van der Waals surface area contributed by atoms with Gasteiger partial charge in [0.25, 0.3) is 0 Å². The fourth-order valence-corrected chi connectivity index (χ4v) is 3.39. The van der Waals surface area contributed by atoms with Crippen LogP contribution in [0, 0.1) is 0 Å². The maximum absolute atomic E-state index is 12.9. The van der Waals surface area contributed by atoms with Gasteiger partial charge in [0, 0.05) is 17.6 Å². The molecule has 0 unspecified atom stereocenters. The number of nitrogens with one attached hydrogen (secondary N) is 1. The van der Waals surface area contributed by atoms with Crippen molar-refractivity contribution in [3.05, 3.63) is 78.4 Å². The number of rotatable bonds is 4. The zero-order valence-corrected chi connectivity index (χ0v) is 14.5. The average Bonchev–Trinajstić information content (AvgIpc) is 3.16. The van der Waals surface area contributed by atoms with Crippen molar-refractivity contribution >= 4 is 28.6 Å². The van der Waals surface area contributed by atoms with Crippen molar-refractivity contribution in [1.29, 1.82) is 0 Å². The van der Waals surface area contributed by atoms with Crippen molar-refractivity contribution in [3.8, 4) is 0 Å². The molecule has 1 atom stereocenters. The van der Waals surface area contributed by atoms with Gasteiger partial charge >= 0.3 is 0 Å². The molecule has 1 fully saturated rings. The summed E-state index contributed by atoms with van der Waals surface area (Å²) in [6.07, 6.45) is 3.62. The lowest BCUT2D eigenvalue weighted by Crippen LogP contribution is -2.36. The summed E-state index contributed by atoms with van der Waals surface area (Å²) < 4.78 is 0. The average molecular weight is 343 g/mol. The monoisotopic (exact) mass is 343 g/mol. The van der Waals surface area contributed by atoms with Crippen LogP contribution in [0.5, 0.6) is 0 Å². The van der Waals surface area contributed by atoms with Crippen molar-refractivity contribution in [3.63, 3.8) is 0 Å². The molecule has 1 aliphatic heterocycles. The van der Waals surface area contributed by atoms with Crippen LogP contribution in [0.4, 0.5) is 5.69 Å². The molecule has 4 heteroatoms. The van der Waals surface area contributed by atoms with Crippen LogP contribution in [0.15, 0.2) is 77.9 Å². The highest BCUT2D eigenvalue weighted by Crippen LogP contribution is 2.25. The highest BCUT2D eigenvalue weighted by atomic mass is 16.2. The number of hydrogen-bond acceptors (Lipinski definition) is 3. The number of hydrazone groups is 1. The Hall–Kier alpha value is -3.14. The zero-order chi connectivity index (χ0) is 17.8. The minimum Gasteiger partial charge on any atom is -0.324 e. The molecule has 0 aromatic heterocycles. The van der Waals surface area contributed by atoms with Crippen molar-refractivity contribution < 1.29 is 4.79 Å². The minimum atomic E-state index is -0.228. The van der Waals surface area contributed by atoms with E-state index in [2.05, 4.69) is 22.6 Å². The Balaban J connectivity index is 1.51. The largest absolute Gasteiger partial charge is 0.324 e. The number of fused-ring (bicyclic) bond motifs is 1. The van der Waals surface area contributed by atoms with E-state index in [0.717, 1.165) is 41.4 Å². The second-order valence-corrected chi connectivity index (χ2v) is 6.49. The molecule has 130 valence electrons. The second-order valence-electron chi connectivity index (χ2n) is 6.49. The van der Waals surface area contributed by atoms with Crippen LogP contribution in [-0.2, 0) is 4.79 Å². The number of carbonyl (C=O) groups is 1. The molecule has 26 heavy (non-hydrogen) atoms.